The Morgan fingerprint density at radius 3 is 2.65 bits per heavy atom. The van der Waals surface area contributed by atoms with E-state index in [9.17, 15) is 0 Å². The zero-order valence-corrected chi connectivity index (χ0v) is 10.9. The van der Waals surface area contributed by atoms with E-state index >= 15 is 0 Å². The molecule has 1 aromatic carbocycles. The Bertz CT molecular complexity index is 471. The Kier molecular flexibility index (Phi) is 4.18. The van der Waals surface area contributed by atoms with Crippen molar-refractivity contribution < 1.29 is 0 Å². The number of aromatic nitrogens is 1. The third-order valence-electron chi connectivity index (χ3n) is 2.66. The van der Waals surface area contributed by atoms with Gasteiger partial charge in [-0.3, -0.25) is 0 Å². The van der Waals surface area contributed by atoms with Crippen LogP contribution < -0.4 is 5.32 Å². The summed E-state index contributed by atoms with van der Waals surface area (Å²) in [5.41, 5.74) is 1.26. The molecule has 0 aliphatic carbocycles. The van der Waals surface area contributed by atoms with Gasteiger partial charge in [0.2, 0.25) is 0 Å². The maximum Gasteiger partial charge on any atom is 0.101 e. The van der Waals surface area contributed by atoms with Gasteiger partial charge in [0, 0.05) is 17.1 Å². The second-order valence-corrected chi connectivity index (χ2v) is 4.95. The number of rotatable bonds is 4. The molecule has 2 rings (SSSR count). The summed E-state index contributed by atoms with van der Waals surface area (Å²) in [6.45, 7) is 2.15. The van der Waals surface area contributed by atoms with E-state index in [2.05, 4.69) is 41.5 Å². The van der Waals surface area contributed by atoms with Crippen LogP contribution in [0.5, 0.6) is 0 Å². The molecule has 3 heteroatoms. The highest BCUT2D eigenvalue weighted by atomic mass is 32.2. The molecule has 88 valence electrons. The van der Waals surface area contributed by atoms with Gasteiger partial charge < -0.3 is 5.32 Å². The van der Waals surface area contributed by atoms with Gasteiger partial charge in [0.25, 0.3) is 0 Å². The van der Waals surface area contributed by atoms with Crippen LogP contribution in [-0.2, 0) is 0 Å². The minimum Gasteiger partial charge on any atom is -0.313 e. The second kappa shape index (κ2) is 5.84. The molecule has 0 spiro atoms. The topological polar surface area (TPSA) is 24.9 Å². The van der Waals surface area contributed by atoms with Crippen LogP contribution in [0.1, 0.15) is 18.5 Å². The molecule has 0 aliphatic heterocycles. The molecule has 17 heavy (non-hydrogen) atoms. The quantitative estimate of drug-likeness (QED) is 0.891. The molecular weight excluding hydrogens is 228 g/mol. The maximum absolute atomic E-state index is 4.39. The molecule has 0 saturated carbocycles. The van der Waals surface area contributed by atoms with E-state index in [0.717, 1.165) is 5.03 Å². The molecular formula is C14H16N2S. The lowest BCUT2D eigenvalue weighted by molar-refractivity contribution is 0.649. The van der Waals surface area contributed by atoms with Crippen molar-refractivity contribution in [3.8, 4) is 0 Å². The lowest BCUT2D eigenvalue weighted by Gasteiger charge is -2.11. The van der Waals surface area contributed by atoms with Crippen molar-refractivity contribution in [1.29, 1.82) is 0 Å². The van der Waals surface area contributed by atoms with Gasteiger partial charge in [0.15, 0.2) is 0 Å². The lowest BCUT2D eigenvalue weighted by Crippen LogP contribution is -2.12. The van der Waals surface area contributed by atoms with Gasteiger partial charge in [-0.05, 0) is 43.8 Å². The van der Waals surface area contributed by atoms with Gasteiger partial charge >= 0.3 is 0 Å². The van der Waals surface area contributed by atoms with Crippen molar-refractivity contribution in [2.75, 3.05) is 7.05 Å². The van der Waals surface area contributed by atoms with Crippen molar-refractivity contribution in [3.63, 3.8) is 0 Å². The van der Waals surface area contributed by atoms with E-state index in [1.165, 1.54) is 10.5 Å². The number of benzene rings is 1. The first kappa shape index (κ1) is 12.1. The fourth-order valence-corrected chi connectivity index (χ4v) is 2.37. The molecule has 1 heterocycles. The third kappa shape index (κ3) is 3.32. The standard InChI is InChI=1S/C14H16N2S/c1-11(15-2)12-8-9-16-14(10-12)17-13-6-4-3-5-7-13/h3-11,15H,1-2H3. The predicted octanol–water partition coefficient (Wildman–Crippen LogP) is 3.51. The van der Waals surface area contributed by atoms with E-state index in [0.29, 0.717) is 6.04 Å². The van der Waals surface area contributed by atoms with Gasteiger partial charge in [0.1, 0.15) is 5.03 Å². The van der Waals surface area contributed by atoms with Crippen LogP contribution in [0.4, 0.5) is 0 Å². The SMILES string of the molecule is CNC(C)c1ccnc(Sc2ccccc2)c1. The number of hydrogen-bond donors (Lipinski definition) is 1. The molecule has 0 fully saturated rings. The Hall–Kier alpha value is -1.32. The van der Waals surface area contributed by atoms with Crippen molar-refractivity contribution in [1.82, 2.24) is 10.3 Å². The average molecular weight is 244 g/mol. The summed E-state index contributed by atoms with van der Waals surface area (Å²) in [7, 11) is 1.97. The summed E-state index contributed by atoms with van der Waals surface area (Å²) < 4.78 is 0. The minimum atomic E-state index is 0.355. The summed E-state index contributed by atoms with van der Waals surface area (Å²) in [4.78, 5) is 5.60. The molecule has 0 aliphatic rings. The summed E-state index contributed by atoms with van der Waals surface area (Å²) in [6.07, 6.45) is 1.87. The Morgan fingerprint density at radius 1 is 1.18 bits per heavy atom. The van der Waals surface area contributed by atoms with Crippen molar-refractivity contribution in [2.24, 2.45) is 0 Å². The minimum absolute atomic E-state index is 0.355. The van der Waals surface area contributed by atoms with E-state index in [1.807, 2.05) is 31.4 Å². The fourth-order valence-electron chi connectivity index (χ4n) is 1.53. The lowest BCUT2D eigenvalue weighted by atomic mass is 10.1. The van der Waals surface area contributed by atoms with Gasteiger partial charge in [-0.25, -0.2) is 4.98 Å². The second-order valence-electron chi connectivity index (χ2n) is 3.85. The Labute approximate surface area is 106 Å². The third-order valence-corrected chi connectivity index (χ3v) is 3.60. The smallest absolute Gasteiger partial charge is 0.101 e. The number of nitrogens with zero attached hydrogens (tertiary/aromatic N) is 1. The summed E-state index contributed by atoms with van der Waals surface area (Å²) in [6, 6.07) is 14.9. The van der Waals surface area contributed by atoms with E-state index in [-0.39, 0.29) is 0 Å². The van der Waals surface area contributed by atoms with E-state index in [4.69, 9.17) is 0 Å². The molecule has 0 saturated heterocycles. The van der Waals surface area contributed by atoms with Gasteiger partial charge in [-0.2, -0.15) is 0 Å². The van der Waals surface area contributed by atoms with Crippen LogP contribution in [0.25, 0.3) is 0 Å². The van der Waals surface area contributed by atoms with Crippen LogP contribution in [0, 0.1) is 0 Å². The van der Waals surface area contributed by atoms with E-state index in [1.54, 1.807) is 11.8 Å². The molecule has 1 unspecified atom stereocenters. The predicted molar refractivity (Wildman–Crippen MR) is 72.3 cm³/mol. The van der Waals surface area contributed by atoms with E-state index < -0.39 is 0 Å². The molecule has 2 nitrogen and oxygen atoms in total. The normalized spacial score (nSPS) is 12.4. The Balaban J connectivity index is 2.17. The molecule has 1 aromatic heterocycles. The summed E-state index contributed by atoms with van der Waals surface area (Å²) >= 11 is 1.69. The molecule has 1 N–H and O–H groups in total. The zero-order valence-electron chi connectivity index (χ0n) is 10.1. The number of nitrogens with one attached hydrogen (secondary N) is 1. The first-order valence-corrected chi connectivity index (χ1v) is 6.47. The van der Waals surface area contributed by atoms with Crippen LogP contribution in [0.2, 0.25) is 0 Å². The Morgan fingerprint density at radius 2 is 1.94 bits per heavy atom. The molecule has 1 atom stereocenters. The number of hydrogen-bond acceptors (Lipinski definition) is 3. The highest BCUT2D eigenvalue weighted by Gasteiger charge is 2.04. The highest BCUT2D eigenvalue weighted by Crippen LogP contribution is 2.27. The average Bonchev–Trinajstić information content (AvgIpc) is 2.39. The van der Waals surface area contributed by atoms with Gasteiger partial charge in [-0.1, -0.05) is 30.0 Å². The molecule has 0 amide bonds. The van der Waals surface area contributed by atoms with Crippen LogP contribution in [0.3, 0.4) is 0 Å². The van der Waals surface area contributed by atoms with Gasteiger partial charge in [-0.15, -0.1) is 0 Å². The number of pyridine rings is 1. The maximum atomic E-state index is 4.39. The van der Waals surface area contributed by atoms with Crippen LogP contribution >= 0.6 is 11.8 Å². The molecule has 0 radical (unpaired) electrons. The van der Waals surface area contributed by atoms with Gasteiger partial charge in [0.05, 0.1) is 0 Å². The highest BCUT2D eigenvalue weighted by molar-refractivity contribution is 7.99. The van der Waals surface area contributed by atoms with Crippen LogP contribution in [0.15, 0.2) is 58.6 Å². The molecule has 2 aromatic rings. The first-order valence-electron chi connectivity index (χ1n) is 5.65. The largest absolute Gasteiger partial charge is 0.313 e. The van der Waals surface area contributed by atoms with Crippen LogP contribution in [-0.4, -0.2) is 12.0 Å². The first-order chi connectivity index (χ1) is 8.29. The fraction of sp³-hybridized carbons (Fsp3) is 0.214. The summed E-state index contributed by atoms with van der Waals surface area (Å²) in [5.74, 6) is 0. The monoisotopic (exact) mass is 244 g/mol. The summed E-state index contributed by atoms with van der Waals surface area (Å²) in [5, 5.41) is 4.27. The molecule has 0 bridgehead atoms. The van der Waals surface area contributed by atoms with Crippen molar-refractivity contribution in [2.45, 2.75) is 22.9 Å². The van der Waals surface area contributed by atoms with Crippen molar-refractivity contribution >= 4 is 11.8 Å². The zero-order chi connectivity index (χ0) is 12.1. The van der Waals surface area contributed by atoms with Crippen molar-refractivity contribution in [3.05, 3.63) is 54.2 Å².